The third-order valence-electron chi connectivity index (χ3n) is 3.63. The van der Waals surface area contributed by atoms with Gasteiger partial charge < -0.3 is 4.74 Å². The van der Waals surface area contributed by atoms with E-state index in [1.807, 2.05) is 6.92 Å². The van der Waals surface area contributed by atoms with Crippen LogP contribution in [0.3, 0.4) is 0 Å². The van der Waals surface area contributed by atoms with Gasteiger partial charge in [-0.25, -0.2) is 0 Å². The number of hydrogen-bond donors (Lipinski definition) is 0. The predicted molar refractivity (Wildman–Crippen MR) is 68.9 cm³/mol. The number of ether oxygens (including phenoxy) is 1. The van der Waals surface area contributed by atoms with Crippen LogP contribution in [-0.4, -0.2) is 18.4 Å². The molecule has 0 heterocycles. The lowest BCUT2D eigenvalue weighted by atomic mass is 9.71. The van der Waals surface area contributed by atoms with E-state index in [9.17, 15) is 9.59 Å². The van der Waals surface area contributed by atoms with Crippen LogP contribution >= 0.6 is 0 Å². The molecule has 0 aromatic rings. The summed E-state index contributed by atoms with van der Waals surface area (Å²) < 4.78 is 5.02. The van der Waals surface area contributed by atoms with Crippen molar-refractivity contribution in [2.24, 2.45) is 11.3 Å². The van der Waals surface area contributed by atoms with Gasteiger partial charge in [-0.05, 0) is 49.3 Å². The molecule has 0 fully saturated rings. The lowest BCUT2D eigenvalue weighted by molar-refractivity contribution is -0.148. The van der Waals surface area contributed by atoms with Crippen molar-refractivity contribution in [1.29, 1.82) is 0 Å². The average molecular weight is 248 g/mol. The fourth-order valence-corrected chi connectivity index (χ4v) is 3.18. The summed E-state index contributed by atoms with van der Waals surface area (Å²) in [5.74, 6) is -1.21. The topological polar surface area (TPSA) is 43.4 Å². The highest BCUT2D eigenvalue weighted by Crippen LogP contribution is 2.47. The molecule has 3 heteroatoms. The molecule has 0 saturated carbocycles. The van der Waals surface area contributed by atoms with Crippen LogP contribution < -0.4 is 0 Å². The van der Waals surface area contributed by atoms with E-state index in [4.69, 9.17) is 4.74 Å². The summed E-state index contributed by atoms with van der Waals surface area (Å²) in [5.41, 5.74) is 3.29. The second-order valence-corrected chi connectivity index (χ2v) is 5.97. The number of hydrogen-bond acceptors (Lipinski definition) is 3. The Morgan fingerprint density at radius 3 is 2.72 bits per heavy atom. The Hall–Kier alpha value is -1.38. The minimum atomic E-state index is -0.698. The standard InChI is InChI=1S/C15H20O3/c1-5-18-14(17)13-11(16)6-10-8-15(3,4)7-9(2)12(10)13/h6,13H,5,7-8H2,1-4H3. The van der Waals surface area contributed by atoms with Crippen molar-refractivity contribution < 1.29 is 14.3 Å². The van der Waals surface area contributed by atoms with Gasteiger partial charge in [-0.15, -0.1) is 0 Å². The van der Waals surface area contributed by atoms with Crippen molar-refractivity contribution in [3.8, 4) is 0 Å². The summed E-state index contributed by atoms with van der Waals surface area (Å²) in [6, 6.07) is 0. The molecule has 0 spiro atoms. The first kappa shape index (κ1) is 13.1. The van der Waals surface area contributed by atoms with Crippen LogP contribution in [0.25, 0.3) is 0 Å². The minimum absolute atomic E-state index is 0.115. The molecule has 0 bridgehead atoms. The molecule has 0 aromatic heterocycles. The van der Waals surface area contributed by atoms with E-state index in [0.717, 1.165) is 29.6 Å². The maximum atomic E-state index is 12.0. The number of allylic oxidation sites excluding steroid dienone is 3. The largest absolute Gasteiger partial charge is 0.465 e. The van der Waals surface area contributed by atoms with Crippen molar-refractivity contribution in [1.82, 2.24) is 0 Å². The van der Waals surface area contributed by atoms with E-state index in [2.05, 4.69) is 13.8 Å². The predicted octanol–water partition coefficient (Wildman–Crippen LogP) is 2.81. The Labute approximate surface area is 108 Å². The van der Waals surface area contributed by atoms with Gasteiger partial charge in [0.05, 0.1) is 6.61 Å². The molecule has 0 saturated heterocycles. The molecule has 0 aliphatic heterocycles. The van der Waals surface area contributed by atoms with Gasteiger partial charge in [0.1, 0.15) is 5.92 Å². The van der Waals surface area contributed by atoms with E-state index < -0.39 is 11.9 Å². The van der Waals surface area contributed by atoms with E-state index in [-0.39, 0.29) is 11.2 Å². The van der Waals surface area contributed by atoms with Crippen LogP contribution in [0.4, 0.5) is 0 Å². The molecular weight excluding hydrogens is 228 g/mol. The Morgan fingerprint density at radius 1 is 1.44 bits per heavy atom. The number of rotatable bonds is 2. The summed E-state index contributed by atoms with van der Waals surface area (Å²) in [4.78, 5) is 23.9. The minimum Gasteiger partial charge on any atom is -0.465 e. The van der Waals surface area contributed by atoms with Gasteiger partial charge in [-0.2, -0.15) is 0 Å². The highest BCUT2D eigenvalue weighted by atomic mass is 16.5. The van der Waals surface area contributed by atoms with Gasteiger partial charge in [0.2, 0.25) is 0 Å². The van der Waals surface area contributed by atoms with Crippen molar-refractivity contribution in [2.45, 2.75) is 40.5 Å². The van der Waals surface area contributed by atoms with Crippen LogP contribution in [-0.2, 0) is 14.3 Å². The van der Waals surface area contributed by atoms with Gasteiger partial charge in [0.15, 0.2) is 5.78 Å². The molecule has 2 rings (SSSR count). The quantitative estimate of drug-likeness (QED) is 0.557. The SMILES string of the molecule is CCOC(=O)C1C(=O)C=C2CC(C)(C)CC(C)=C21. The maximum Gasteiger partial charge on any atom is 0.321 e. The molecule has 3 nitrogen and oxygen atoms in total. The second-order valence-electron chi connectivity index (χ2n) is 5.97. The third-order valence-corrected chi connectivity index (χ3v) is 3.63. The first-order chi connectivity index (χ1) is 8.35. The Kier molecular flexibility index (Phi) is 3.18. The molecule has 2 aliphatic rings. The van der Waals surface area contributed by atoms with Crippen molar-refractivity contribution in [2.75, 3.05) is 6.61 Å². The third kappa shape index (κ3) is 2.14. The second kappa shape index (κ2) is 4.38. The Balaban J connectivity index is 2.38. The normalized spacial score (nSPS) is 25.9. The summed E-state index contributed by atoms with van der Waals surface area (Å²) >= 11 is 0. The highest BCUT2D eigenvalue weighted by molar-refractivity contribution is 6.12. The van der Waals surface area contributed by atoms with Gasteiger partial charge >= 0.3 is 5.97 Å². The van der Waals surface area contributed by atoms with Gasteiger partial charge in [-0.3, -0.25) is 9.59 Å². The molecule has 1 unspecified atom stereocenters. The zero-order chi connectivity index (χ0) is 13.5. The molecule has 0 aromatic carbocycles. The smallest absolute Gasteiger partial charge is 0.321 e. The maximum absolute atomic E-state index is 12.0. The molecule has 0 amide bonds. The highest BCUT2D eigenvalue weighted by Gasteiger charge is 2.42. The van der Waals surface area contributed by atoms with Crippen LogP contribution in [0.15, 0.2) is 22.8 Å². The van der Waals surface area contributed by atoms with E-state index >= 15 is 0 Å². The van der Waals surface area contributed by atoms with E-state index in [1.165, 1.54) is 0 Å². The molecule has 98 valence electrons. The number of carbonyl (C=O) groups excluding carboxylic acids is 2. The Bertz CT molecular complexity index is 466. The summed E-state index contributed by atoms with van der Waals surface area (Å²) in [6.07, 6.45) is 3.44. The van der Waals surface area contributed by atoms with E-state index in [0.29, 0.717) is 6.61 Å². The molecule has 0 radical (unpaired) electrons. The van der Waals surface area contributed by atoms with Crippen LogP contribution in [0.5, 0.6) is 0 Å². The summed E-state index contributed by atoms with van der Waals surface area (Å²) in [6.45, 7) is 8.48. The van der Waals surface area contributed by atoms with Crippen molar-refractivity contribution in [3.05, 3.63) is 22.8 Å². The van der Waals surface area contributed by atoms with Crippen molar-refractivity contribution in [3.63, 3.8) is 0 Å². The summed E-state index contributed by atoms with van der Waals surface area (Å²) in [7, 11) is 0. The Morgan fingerprint density at radius 2 is 2.11 bits per heavy atom. The molecule has 18 heavy (non-hydrogen) atoms. The molecule has 2 aliphatic carbocycles. The fourth-order valence-electron chi connectivity index (χ4n) is 3.18. The first-order valence-electron chi connectivity index (χ1n) is 6.47. The molecular formula is C15H20O3. The van der Waals surface area contributed by atoms with Crippen molar-refractivity contribution >= 4 is 11.8 Å². The van der Waals surface area contributed by atoms with Crippen LogP contribution in [0.2, 0.25) is 0 Å². The lowest BCUT2D eigenvalue weighted by Crippen LogP contribution is -2.27. The van der Waals surface area contributed by atoms with Gasteiger partial charge in [0.25, 0.3) is 0 Å². The zero-order valence-electron chi connectivity index (χ0n) is 11.5. The number of fused-ring (bicyclic) bond motifs is 1. The number of carbonyl (C=O) groups is 2. The average Bonchev–Trinajstić information content (AvgIpc) is 2.52. The number of esters is 1. The molecule has 1 atom stereocenters. The lowest BCUT2D eigenvalue weighted by Gasteiger charge is -2.33. The van der Waals surface area contributed by atoms with Crippen LogP contribution in [0, 0.1) is 11.3 Å². The zero-order valence-corrected chi connectivity index (χ0v) is 11.5. The van der Waals surface area contributed by atoms with Gasteiger partial charge in [-0.1, -0.05) is 19.4 Å². The number of ketones is 1. The summed E-state index contributed by atoms with van der Waals surface area (Å²) in [5, 5.41) is 0. The molecule has 0 N–H and O–H groups in total. The van der Waals surface area contributed by atoms with Crippen LogP contribution in [0.1, 0.15) is 40.5 Å². The first-order valence-corrected chi connectivity index (χ1v) is 6.47. The van der Waals surface area contributed by atoms with E-state index in [1.54, 1.807) is 13.0 Å². The fraction of sp³-hybridized carbons (Fsp3) is 0.600. The monoisotopic (exact) mass is 248 g/mol. The van der Waals surface area contributed by atoms with Gasteiger partial charge in [0, 0.05) is 0 Å².